The Morgan fingerprint density at radius 3 is 2.68 bits per heavy atom. The lowest BCUT2D eigenvalue weighted by Crippen LogP contribution is -2.25. The van der Waals surface area contributed by atoms with Gasteiger partial charge >= 0.3 is 0 Å². The van der Waals surface area contributed by atoms with E-state index >= 15 is 0 Å². The van der Waals surface area contributed by atoms with Gasteiger partial charge in [-0.15, -0.1) is 12.4 Å². The van der Waals surface area contributed by atoms with Crippen LogP contribution in [0.2, 0.25) is 5.02 Å². The number of benzene rings is 1. The monoisotopic (exact) mass is 349 g/mol. The molecule has 1 aromatic carbocycles. The molecule has 2 rings (SSSR count). The molecule has 0 aromatic heterocycles. The minimum atomic E-state index is 0. The zero-order valence-corrected chi connectivity index (χ0v) is 14.8. The second-order valence-corrected chi connectivity index (χ2v) is 5.44. The Balaban J connectivity index is 0.00000242. The van der Waals surface area contributed by atoms with E-state index in [9.17, 15) is 0 Å². The van der Waals surface area contributed by atoms with Gasteiger partial charge in [0.2, 0.25) is 0 Å². The number of ether oxygens (including phenoxy) is 3. The molecule has 1 aliphatic rings. The molecule has 6 heteroatoms. The highest BCUT2D eigenvalue weighted by molar-refractivity contribution is 6.32. The van der Waals surface area contributed by atoms with Crippen LogP contribution in [-0.4, -0.2) is 32.5 Å². The molecule has 0 bridgehead atoms. The average Bonchev–Trinajstić information content (AvgIpc) is 2.96. The lowest BCUT2D eigenvalue weighted by atomic mass is 10.2. The third kappa shape index (κ3) is 5.51. The summed E-state index contributed by atoms with van der Waals surface area (Å²) in [5.74, 6) is 1.34. The molecule has 1 saturated heterocycles. The van der Waals surface area contributed by atoms with Crippen LogP contribution in [-0.2, 0) is 11.3 Å². The van der Waals surface area contributed by atoms with Crippen LogP contribution >= 0.6 is 24.0 Å². The fourth-order valence-electron chi connectivity index (χ4n) is 2.45. The van der Waals surface area contributed by atoms with E-state index in [2.05, 4.69) is 5.32 Å². The second kappa shape index (κ2) is 10.2. The first kappa shape index (κ1) is 19.4. The molecule has 0 saturated carbocycles. The number of rotatable bonds is 8. The Morgan fingerprint density at radius 2 is 2.05 bits per heavy atom. The molecular formula is C16H25Cl2NO3. The summed E-state index contributed by atoms with van der Waals surface area (Å²) in [6.45, 7) is 7.53. The first-order valence-corrected chi connectivity index (χ1v) is 8.02. The molecule has 1 N–H and O–H groups in total. The molecule has 22 heavy (non-hydrogen) atoms. The SMILES string of the molecule is CCOc1cc(CNCC2CCCO2)cc(Cl)c1OCC.Cl. The number of hydrogen-bond donors (Lipinski definition) is 1. The molecule has 1 heterocycles. The maximum atomic E-state index is 6.30. The molecule has 0 spiro atoms. The fourth-order valence-corrected chi connectivity index (χ4v) is 2.74. The predicted molar refractivity (Wildman–Crippen MR) is 91.7 cm³/mol. The van der Waals surface area contributed by atoms with Gasteiger partial charge in [0.1, 0.15) is 0 Å². The molecule has 0 amide bonds. The molecule has 1 aliphatic heterocycles. The predicted octanol–water partition coefficient (Wildman–Crippen LogP) is 3.83. The first-order valence-electron chi connectivity index (χ1n) is 7.65. The molecule has 126 valence electrons. The maximum absolute atomic E-state index is 6.30. The van der Waals surface area contributed by atoms with Crippen molar-refractivity contribution in [2.24, 2.45) is 0 Å². The van der Waals surface area contributed by atoms with Gasteiger partial charge in [0, 0.05) is 19.7 Å². The fraction of sp³-hybridized carbons (Fsp3) is 0.625. The topological polar surface area (TPSA) is 39.7 Å². The van der Waals surface area contributed by atoms with Gasteiger partial charge < -0.3 is 19.5 Å². The molecule has 4 nitrogen and oxygen atoms in total. The van der Waals surface area contributed by atoms with E-state index in [-0.39, 0.29) is 12.4 Å². The number of nitrogens with one attached hydrogen (secondary N) is 1. The number of hydrogen-bond acceptors (Lipinski definition) is 4. The van der Waals surface area contributed by atoms with Gasteiger partial charge in [0.05, 0.1) is 24.3 Å². The third-order valence-corrected chi connectivity index (χ3v) is 3.66. The molecule has 0 aliphatic carbocycles. The quantitative estimate of drug-likeness (QED) is 0.774. The van der Waals surface area contributed by atoms with Crippen molar-refractivity contribution in [3.05, 3.63) is 22.7 Å². The Labute approximate surface area is 143 Å². The van der Waals surface area contributed by atoms with Crippen LogP contribution in [0.4, 0.5) is 0 Å². The van der Waals surface area contributed by atoms with Crippen molar-refractivity contribution in [3.63, 3.8) is 0 Å². The van der Waals surface area contributed by atoms with Crippen LogP contribution in [0.15, 0.2) is 12.1 Å². The summed E-state index contributed by atoms with van der Waals surface area (Å²) in [4.78, 5) is 0. The van der Waals surface area contributed by atoms with Gasteiger partial charge in [-0.2, -0.15) is 0 Å². The summed E-state index contributed by atoms with van der Waals surface area (Å²) in [7, 11) is 0. The molecular weight excluding hydrogens is 325 g/mol. The van der Waals surface area contributed by atoms with E-state index in [1.165, 1.54) is 0 Å². The Hall–Kier alpha value is -0.680. The normalized spacial score (nSPS) is 17.1. The second-order valence-electron chi connectivity index (χ2n) is 5.04. The summed E-state index contributed by atoms with van der Waals surface area (Å²) in [6, 6.07) is 3.92. The van der Waals surface area contributed by atoms with E-state index in [4.69, 9.17) is 25.8 Å². The van der Waals surface area contributed by atoms with Crippen LogP contribution in [0.25, 0.3) is 0 Å². The van der Waals surface area contributed by atoms with Gasteiger partial charge in [0.25, 0.3) is 0 Å². The summed E-state index contributed by atoms with van der Waals surface area (Å²) in [5.41, 5.74) is 1.09. The molecule has 1 aromatic rings. The minimum absolute atomic E-state index is 0. The van der Waals surface area contributed by atoms with E-state index in [0.717, 1.165) is 38.1 Å². The van der Waals surface area contributed by atoms with Crippen molar-refractivity contribution in [2.45, 2.75) is 39.3 Å². The van der Waals surface area contributed by atoms with Gasteiger partial charge in [-0.05, 0) is 44.4 Å². The molecule has 1 fully saturated rings. The summed E-state index contributed by atoms with van der Waals surface area (Å²) < 4.78 is 16.8. The van der Waals surface area contributed by atoms with Gasteiger partial charge in [0.15, 0.2) is 11.5 Å². The van der Waals surface area contributed by atoms with E-state index in [1.807, 2.05) is 26.0 Å². The van der Waals surface area contributed by atoms with Gasteiger partial charge in [-0.1, -0.05) is 11.6 Å². The van der Waals surface area contributed by atoms with Crippen molar-refractivity contribution >= 4 is 24.0 Å². The Morgan fingerprint density at radius 1 is 1.27 bits per heavy atom. The molecule has 0 radical (unpaired) electrons. The zero-order valence-electron chi connectivity index (χ0n) is 13.2. The standard InChI is InChI=1S/C16H24ClNO3.ClH/c1-3-19-15-9-12(8-14(17)16(15)20-4-2)10-18-11-13-6-5-7-21-13;/h8-9,13,18H,3-7,10-11H2,1-2H3;1H. The lowest BCUT2D eigenvalue weighted by molar-refractivity contribution is 0.110. The van der Waals surface area contributed by atoms with E-state index in [1.54, 1.807) is 0 Å². The van der Waals surface area contributed by atoms with Crippen LogP contribution in [0.5, 0.6) is 11.5 Å². The van der Waals surface area contributed by atoms with Crippen molar-refractivity contribution < 1.29 is 14.2 Å². The maximum Gasteiger partial charge on any atom is 0.179 e. The van der Waals surface area contributed by atoms with Crippen molar-refractivity contribution in [1.29, 1.82) is 0 Å². The van der Waals surface area contributed by atoms with Crippen molar-refractivity contribution in [3.8, 4) is 11.5 Å². The highest BCUT2D eigenvalue weighted by Gasteiger charge is 2.15. The third-order valence-electron chi connectivity index (χ3n) is 3.38. The van der Waals surface area contributed by atoms with Crippen LogP contribution in [0.3, 0.4) is 0 Å². The molecule has 1 unspecified atom stereocenters. The number of halogens is 2. The average molecular weight is 350 g/mol. The van der Waals surface area contributed by atoms with Gasteiger partial charge in [-0.3, -0.25) is 0 Å². The van der Waals surface area contributed by atoms with E-state index in [0.29, 0.717) is 35.8 Å². The first-order chi connectivity index (χ1) is 10.2. The summed E-state index contributed by atoms with van der Waals surface area (Å²) in [5, 5.41) is 4.01. The van der Waals surface area contributed by atoms with Gasteiger partial charge in [-0.25, -0.2) is 0 Å². The van der Waals surface area contributed by atoms with Crippen molar-refractivity contribution in [2.75, 3.05) is 26.4 Å². The Bertz CT molecular complexity index is 451. The highest BCUT2D eigenvalue weighted by Crippen LogP contribution is 2.36. The smallest absolute Gasteiger partial charge is 0.179 e. The minimum Gasteiger partial charge on any atom is -0.490 e. The van der Waals surface area contributed by atoms with Crippen LogP contribution in [0, 0.1) is 0 Å². The zero-order chi connectivity index (χ0) is 15.1. The Kier molecular flexibility index (Phi) is 8.95. The lowest BCUT2D eigenvalue weighted by Gasteiger charge is -2.15. The summed E-state index contributed by atoms with van der Waals surface area (Å²) in [6.07, 6.45) is 2.64. The van der Waals surface area contributed by atoms with Crippen LogP contribution < -0.4 is 14.8 Å². The van der Waals surface area contributed by atoms with E-state index < -0.39 is 0 Å². The largest absolute Gasteiger partial charge is 0.490 e. The molecule has 1 atom stereocenters. The van der Waals surface area contributed by atoms with Crippen molar-refractivity contribution in [1.82, 2.24) is 5.32 Å². The highest BCUT2D eigenvalue weighted by atomic mass is 35.5. The van der Waals surface area contributed by atoms with Crippen LogP contribution in [0.1, 0.15) is 32.3 Å². The summed E-state index contributed by atoms with van der Waals surface area (Å²) >= 11 is 6.30.